The third kappa shape index (κ3) is 3.45. The van der Waals surface area contributed by atoms with Crippen LogP contribution < -0.4 is 4.90 Å². The molecule has 2 aliphatic heterocycles. The van der Waals surface area contributed by atoms with Crippen LogP contribution in [0.4, 0.5) is 14.6 Å². The normalized spacial score (nSPS) is 23.0. The van der Waals surface area contributed by atoms with Gasteiger partial charge in [0.05, 0.1) is 24.7 Å². The summed E-state index contributed by atoms with van der Waals surface area (Å²) >= 11 is 0. The van der Waals surface area contributed by atoms with Gasteiger partial charge in [-0.05, 0) is 6.92 Å². The minimum atomic E-state index is -2.68. The Bertz CT molecular complexity index is 860. The number of aryl methyl sites for hydroxylation is 2. The van der Waals surface area contributed by atoms with Gasteiger partial charge in [-0.3, -0.25) is 9.48 Å². The van der Waals surface area contributed by atoms with Crippen molar-refractivity contribution < 1.29 is 18.3 Å². The molecule has 0 bridgehead atoms. The molecular formula is C17H22F2N6O2. The molecule has 0 radical (unpaired) electrons. The number of hydrogen-bond donors (Lipinski definition) is 0. The Labute approximate surface area is 155 Å². The standard InChI is InChI=1S/C17H22F2N6O2/c1-11-21-14-12(9-20-23(14)2)15(22-11)25-7-8-27-13(10-25)16(26)24-5-3-17(18,19)4-6-24/h9,13H,3-8,10H2,1-2H3. The lowest BCUT2D eigenvalue weighted by molar-refractivity contribution is -0.150. The molecule has 1 amide bonds. The molecule has 4 rings (SSSR count). The number of carbonyl (C=O) groups excluding carboxylic acids is 1. The summed E-state index contributed by atoms with van der Waals surface area (Å²) in [4.78, 5) is 25.2. The fourth-order valence-corrected chi connectivity index (χ4v) is 3.60. The number of piperidine rings is 1. The first-order valence-corrected chi connectivity index (χ1v) is 9.03. The number of aromatic nitrogens is 4. The number of ether oxygens (including phenoxy) is 1. The van der Waals surface area contributed by atoms with Crippen molar-refractivity contribution in [1.82, 2.24) is 24.6 Å². The van der Waals surface area contributed by atoms with Crippen LogP contribution in [0, 0.1) is 6.92 Å². The number of alkyl halides is 2. The van der Waals surface area contributed by atoms with Gasteiger partial charge in [0.25, 0.3) is 11.8 Å². The molecule has 2 fully saturated rings. The third-order valence-corrected chi connectivity index (χ3v) is 5.13. The Morgan fingerprint density at radius 1 is 1.26 bits per heavy atom. The molecule has 2 saturated heterocycles. The Kier molecular flexibility index (Phi) is 4.45. The van der Waals surface area contributed by atoms with Crippen LogP contribution in [-0.2, 0) is 16.6 Å². The van der Waals surface area contributed by atoms with Crippen molar-refractivity contribution in [1.29, 1.82) is 0 Å². The summed E-state index contributed by atoms with van der Waals surface area (Å²) in [7, 11) is 1.82. The maximum absolute atomic E-state index is 13.4. The van der Waals surface area contributed by atoms with E-state index in [1.807, 2.05) is 18.9 Å². The molecule has 0 spiro atoms. The molecule has 2 aromatic rings. The van der Waals surface area contributed by atoms with Crippen LogP contribution in [0.1, 0.15) is 18.7 Å². The van der Waals surface area contributed by atoms with Gasteiger partial charge in [-0.2, -0.15) is 5.10 Å². The maximum Gasteiger partial charge on any atom is 0.253 e. The fraction of sp³-hybridized carbons (Fsp3) is 0.647. The second-order valence-electron chi connectivity index (χ2n) is 7.09. The summed E-state index contributed by atoms with van der Waals surface area (Å²) in [6.07, 6.45) is 0.434. The van der Waals surface area contributed by atoms with Crippen LogP contribution >= 0.6 is 0 Å². The lowest BCUT2D eigenvalue weighted by atomic mass is 10.1. The highest BCUT2D eigenvalue weighted by atomic mass is 19.3. The van der Waals surface area contributed by atoms with Gasteiger partial charge in [-0.25, -0.2) is 18.7 Å². The number of halogens is 2. The first kappa shape index (κ1) is 18.0. The van der Waals surface area contributed by atoms with Crippen LogP contribution in [0.5, 0.6) is 0 Å². The summed E-state index contributed by atoms with van der Waals surface area (Å²) < 4.78 is 34.1. The van der Waals surface area contributed by atoms with Crippen LogP contribution in [0.25, 0.3) is 11.0 Å². The van der Waals surface area contributed by atoms with E-state index < -0.39 is 12.0 Å². The van der Waals surface area contributed by atoms with Gasteiger partial charge in [0.2, 0.25) is 0 Å². The largest absolute Gasteiger partial charge is 0.365 e. The minimum absolute atomic E-state index is 0.0607. The molecule has 4 heterocycles. The molecule has 2 aliphatic rings. The van der Waals surface area contributed by atoms with Crippen LogP contribution in [0.3, 0.4) is 0 Å². The Morgan fingerprint density at radius 2 is 2.00 bits per heavy atom. The number of anilines is 1. The van der Waals surface area contributed by atoms with Crippen molar-refractivity contribution in [2.75, 3.05) is 37.7 Å². The van der Waals surface area contributed by atoms with Gasteiger partial charge in [0.1, 0.15) is 11.6 Å². The average Bonchev–Trinajstić information content (AvgIpc) is 3.01. The van der Waals surface area contributed by atoms with Crippen LogP contribution in [-0.4, -0.2) is 75.4 Å². The van der Waals surface area contributed by atoms with Crippen molar-refractivity contribution in [2.24, 2.45) is 7.05 Å². The zero-order valence-corrected chi connectivity index (χ0v) is 15.4. The lowest BCUT2D eigenvalue weighted by Gasteiger charge is -2.38. The molecule has 0 saturated carbocycles. The number of fused-ring (bicyclic) bond motifs is 1. The van der Waals surface area contributed by atoms with Crippen LogP contribution in [0.15, 0.2) is 6.20 Å². The summed E-state index contributed by atoms with van der Waals surface area (Å²) in [6.45, 7) is 3.21. The minimum Gasteiger partial charge on any atom is -0.365 e. The molecule has 1 unspecified atom stereocenters. The summed E-state index contributed by atoms with van der Waals surface area (Å²) in [5, 5.41) is 5.06. The first-order chi connectivity index (χ1) is 12.8. The molecule has 0 N–H and O–H groups in total. The number of nitrogens with zero attached hydrogens (tertiary/aromatic N) is 6. The summed E-state index contributed by atoms with van der Waals surface area (Å²) in [6, 6.07) is 0. The third-order valence-electron chi connectivity index (χ3n) is 5.13. The first-order valence-electron chi connectivity index (χ1n) is 9.03. The van der Waals surface area contributed by atoms with Crippen molar-refractivity contribution >= 4 is 22.8 Å². The predicted molar refractivity (Wildman–Crippen MR) is 93.8 cm³/mol. The van der Waals surface area contributed by atoms with E-state index in [1.165, 1.54) is 4.90 Å². The molecule has 8 nitrogen and oxygen atoms in total. The number of amides is 1. The predicted octanol–water partition coefficient (Wildman–Crippen LogP) is 1.13. The molecule has 10 heteroatoms. The number of rotatable bonds is 2. The van der Waals surface area contributed by atoms with E-state index in [0.29, 0.717) is 25.5 Å². The van der Waals surface area contributed by atoms with Crippen molar-refractivity contribution in [3.8, 4) is 0 Å². The number of carbonyl (C=O) groups is 1. The molecular weight excluding hydrogens is 358 g/mol. The smallest absolute Gasteiger partial charge is 0.253 e. The molecule has 1 atom stereocenters. The van der Waals surface area contributed by atoms with E-state index in [4.69, 9.17) is 4.74 Å². The quantitative estimate of drug-likeness (QED) is 0.778. The highest BCUT2D eigenvalue weighted by Crippen LogP contribution is 2.29. The Morgan fingerprint density at radius 3 is 2.74 bits per heavy atom. The van der Waals surface area contributed by atoms with E-state index in [2.05, 4.69) is 15.1 Å². The monoisotopic (exact) mass is 380 g/mol. The van der Waals surface area contributed by atoms with Gasteiger partial charge in [-0.1, -0.05) is 0 Å². The highest BCUT2D eigenvalue weighted by Gasteiger charge is 2.39. The van der Waals surface area contributed by atoms with Gasteiger partial charge < -0.3 is 14.5 Å². The average molecular weight is 380 g/mol. The number of hydrogen-bond acceptors (Lipinski definition) is 6. The second kappa shape index (κ2) is 6.66. The number of morpholine rings is 1. The van der Waals surface area contributed by atoms with E-state index in [-0.39, 0.29) is 31.8 Å². The molecule has 27 heavy (non-hydrogen) atoms. The Balaban J connectivity index is 1.53. The number of likely N-dealkylation sites (tertiary alicyclic amines) is 1. The van der Waals surface area contributed by atoms with E-state index in [9.17, 15) is 13.6 Å². The van der Waals surface area contributed by atoms with Gasteiger partial charge in [0.15, 0.2) is 11.8 Å². The van der Waals surface area contributed by atoms with Crippen molar-refractivity contribution in [3.05, 3.63) is 12.0 Å². The van der Waals surface area contributed by atoms with E-state index in [0.717, 1.165) is 16.9 Å². The van der Waals surface area contributed by atoms with Crippen molar-refractivity contribution in [2.45, 2.75) is 31.8 Å². The molecule has 0 aromatic carbocycles. The Hall–Kier alpha value is -2.36. The van der Waals surface area contributed by atoms with E-state index in [1.54, 1.807) is 10.9 Å². The van der Waals surface area contributed by atoms with Crippen molar-refractivity contribution in [3.63, 3.8) is 0 Å². The summed E-state index contributed by atoms with van der Waals surface area (Å²) in [5.74, 6) is -1.57. The van der Waals surface area contributed by atoms with E-state index >= 15 is 0 Å². The molecule has 2 aromatic heterocycles. The van der Waals surface area contributed by atoms with Gasteiger partial charge in [0, 0.05) is 39.5 Å². The molecule has 0 aliphatic carbocycles. The second-order valence-corrected chi connectivity index (χ2v) is 7.09. The zero-order chi connectivity index (χ0) is 19.2. The SMILES string of the molecule is Cc1nc(N2CCOC(C(=O)N3CCC(F)(F)CC3)C2)c2cnn(C)c2n1. The van der Waals surface area contributed by atoms with Crippen LogP contribution in [0.2, 0.25) is 0 Å². The van der Waals surface area contributed by atoms with Gasteiger partial charge in [-0.15, -0.1) is 0 Å². The fourth-order valence-electron chi connectivity index (χ4n) is 3.60. The lowest BCUT2D eigenvalue weighted by Crippen LogP contribution is -2.53. The molecule has 146 valence electrons. The summed E-state index contributed by atoms with van der Waals surface area (Å²) in [5.41, 5.74) is 0.727. The maximum atomic E-state index is 13.4. The van der Waals surface area contributed by atoms with Gasteiger partial charge >= 0.3 is 0 Å². The highest BCUT2D eigenvalue weighted by molar-refractivity contribution is 5.88. The zero-order valence-electron chi connectivity index (χ0n) is 15.4. The topological polar surface area (TPSA) is 76.4 Å².